The zero-order chi connectivity index (χ0) is 30.8. The number of nitrogens with one attached hydrogen (secondary N) is 2. The number of nitrogens with zero attached hydrogens (tertiary/aromatic N) is 2. The minimum absolute atomic E-state index is 0.0749. The Morgan fingerprint density at radius 1 is 0.907 bits per heavy atom. The molecular formula is C25H31N5O11P2. The van der Waals surface area contributed by atoms with Crippen molar-refractivity contribution in [1.82, 2.24) is 9.97 Å². The zero-order valence-corrected chi connectivity index (χ0v) is 24.9. The summed E-state index contributed by atoms with van der Waals surface area (Å²) in [5, 5.41) is 2.98. The van der Waals surface area contributed by atoms with E-state index in [9.17, 15) is 23.7 Å². The van der Waals surface area contributed by atoms with Crippen molar-refractivity contribution in [2.45, 2.75) is 12.5 Å². The van der Waals surface area contributed by atoms with Gasteiger partial charge in [0.05, 0.1) is 34.1 Å². The first-order chi connectivity index (χ1) is 20.5. The zero-order valence-electron chi connectivity index (χ0n) is 23.1. The van der Waals surface area contributed by atoms with Crippen LogP contribution >= 0.6 is 15.6 Å². The normalized spacial score (nSPS) is 21.9. The number of hydrogen-bond acceptors (Lipinski definition) is 13. The SMILES string of the molecule is COc1ccc(OP(=O)(O)OCC2CC(N3CNc4c3nc(N)[nH]c4=O)C2COP(=O)(O)Oc2ccc(OC)cc2)cc1. The van der Waals surface area contributed by atoms with Crippen LogP contribution < -0.4 is 40.0 Å². The number of fused-ring (bicyclic) bond motifs is 1. The lowest BCUT2D eigenvalue weighted by Gasteiger charge is -2.48. The fourth-order valence-corrected chi connectivity index (χ4v) is 6.52. The number of hydrogen-bond donors (Lipinski definition) is 5. The second kappa shape index (κ2) is 12.4. The van der Waals surface area contributed by atoms with E-state index in [2.05, 4.69) is 15.3 Å². The van der Waals surface area contributed by atoms with Gasteiger partial charge in [-0.15, -0.1) is 0 Å². The van der Waals surface area contributed by atoms with E-state index in [1.807, 2.05) is 0 Å². The molecule has 16 nitrogen and oxygen atoms in total. The number of rotatable bonds is 13. The van der Waals surface area contributed by atoms with Crippen LogP contribution in [0.4, 0.5) is 17.5 Å². The van der Waals surface area contributed by atoms with E-state index in [0.717, 1.165) is 0 Å². The van der Waals surface area contributed by atoms with Gasteiger partial charge in [0.2, 0.25) is 5.95 Å². The molecule has 1 aliphatic heterocycles. The molecule has 2 aromatic carbocycles. The second-order valence-corrected chi connectivity index (χ2v) is 12.5. The summed E-state index contributed by atoms with van der Waals surface area (Å²) in [6.07, 6.45) is 0.404. The molecule has 232 valence electrons. The van der Waals surface area contributed by atoms with Crippen molar-refractivity contribution >= 4 is 33.1 Å². The molecule has 43 heavy (non-hydrogen) atoms. The van der Waals surface area contributed by atoms with Crippen LogP contribution in [0.1, 0.15) is 6.42 Å². The number of aromatic nitrogens is 2. The van der Waals surface area contributed by atoms with Gasteiger partial charge in [0.25, 0.3) is 5.56 Å². The third-order valence-electron chi connectivity index (χ3n) is 7.10. The summed E-state index contributed by atoms with van der Waals surface area (Å²) in [5.74, 6) is 0.574. The summed E-state index contributed by atoms with van der Waals surface area (Å²) in [7, 11) is -6.15. The molecule has 0 saturated heterocycles. The fourth-order valence-electron chi connectivity index (χ4n) is 4.90. The first kappa shape index (κ1) is 30.7. The standard InChI is InChI=1S/C25H31N5O11P2/c1-36-16-3-7-18(8-4-16)40-42(32,33)38-12-15-11-21(30-14-27-22-23(30)28-25(26)29-24(22)31)20(15)13-39-43(34,35)41-19-9-5-17(37-2)6-10-19/h3-10,15,20-21,27H,11-14H2,1-2H3,(H,32,33)(H,34,35)(H3,26,28,29,31). The molecule has 0 radical (unpaired) electrons. The van der Waals surface area contributed by atoms with Gasteiger partial charge < -0.3 is 34.5 Å². The topological polar surface area (TPSA) is 217 Å². The summed E-state index contributed by atoms with van der Waals surface area (Å²) in [4.78, 5) is 41.5. The van der Waals surface area contributed by atoms with E-state index in [1.54, 1.807) is 29.2 Å². The molecule has 5 unspecified atom stereocenters. The Hall–Kier alpha value is -3.78. The van der Waals surface area contributed by atoms with E-state index < -0.39 is 33.0 Å². The maximum absolute atomic E-state index is 12.8. The first-order valence-corrected chi connectivity index (χ1v) is 16.0. The van der Waals surface area contributed by atoms with Gasteiger partial charge in [-0.05, 0) is 60.9 Å². The maximum atomic E-state index is 12.8. The van der Waals surface area contributed by atoms with Crippen LogP contribution in [-0.4, -0.2) is 59.9 Å². The summed E-state index contributed by atoms with van der Waals surface area (Å²) in [6, 6.07) is 11.7. The lowest BCUT2D eigenvalue weighted by atomic mass is 9.69. The molecule has 6 N–H and O–H groups in total. The van der Waals surface area contributed by atoms with Gasteiger partial charge in [0.1, 0.15) is 28.7 Å². The fraction of sp³-hybridized carbons (Fsp3) is 0.360. The highest BCUT2D eigenvalue weighted by Gasteiger charge is 2.48. The predicted molar refractivity (Wildman–Crippen MR) is 154 cm³/mol. The smallest absolute Gasteiger partial charge is 0.497 e. The minimum Gasteiger partial charge on any atom is -0.497 e. The van der Waals surface area contributed by atoms with Crippen molar-refractivity contribution in [2.75, 3.05) is 50.1 Å². The van der Waals surface area contributed by atoms with Crippen LogP contribution in [0.25, 0.3) is 0 Å². The van der Waals surface area contributed by atoms with Crippen LogP contribution in [0.2, 0.25) is 0 Å². The van der Waals surface area contributed by atoms with Crippen molar-refractivity contribution in [3.8, 4) is 23.0 Å². The number of methoxy groups -OCH3 is 2. The van der Waals surface area contributed by atoms with E-state index in [4.69, 9.17) is 33.3 Å². The van der Waals surface area contributed by atoms with Gasteiger partial charge in [-0.3, -0.25) is 28.6 Å². The van der Waals surface area contributed by atoms with Crippen LogP contribution in [0.15, 0.2) is 53.3 Å². The number of benzene rings is 2. The molecule has 5 rings (SSSR count). The van der Waals surface area contributed by atoms with Gasteiger partial charge >= 0.3 is 15.6 Å². The Balaban J connectivity index is 1.28. The molecule has 2 heterocycles. The molecule has 0 amide bonds. The third kappa shape index (κ3) is 7.24. The minimum atomic E-state index is -4.59. The Morgan fingerprint density at radius 3 is 1.95 bits per heavy atom. The highest BCUT2D eigenvalue weighted by molar-refractivity contribution is 7.48. The van der Waals surface area contributed by atoms with Gasteiger partial charge in [0.15, 0.2) is 5.82 Å². The van der Waals surface area contributed by atoms with Crippen molar-refractivity contribution in [3.63, 3.8) is 0 Å². The van der Waals surface area contributed by atoms with Crippen molar-refractivity contribution in [1.29, 1.82) is 0 Å². The highest BCUT2D eigenvalue weighted by atomic mass is 31.2. The van der Waals surface area contributed by atoms with Crippen LogP contribution in [0.3, 0.4) is 0 Å². The van der Waals surface area contributed by atoms with Crippen molar-refractivity contribution < 1.29 is 46.5 Å². The van der Waals surface area contributed by atoms with E-state index in [-0.39, 0.29) is 49.1 Å². The number of aromatic amines is 1. The molecule has 1 aromatic heterocycles. The quantitative estimate of drug-likeness (QED) is 0.170. The van der Waals surface area contributed by atoms with Gasteiger partial charge in [-0.1, -0.05) is 0 Å². The number of phosphoric ester groups is 2. The van der Waals surface area contributed by atoms with Crippen LogP contribution in [-0.2, 0) is 18.2 Å². The molecule has 5 atom stereocenters. The number of anilines is 3. The highest BCUT2D eigenvalue weighted by Crippen LogP contribution is 2.51. The summed E-state index contributed by atoms with van der Waals surface area (Å²) in [5.41, 5.74) is 5.55. The largest absolute Gasteiger partial charge is 0.527 e. The summed E-state index contributed by atoms with van der Waals surface area (Å²) >= 11 is 0. The van der Waals surface area contributed by atoms with Gasteiger partial charge in [-0.2, -0.15) is 4.98 Å². The lowest BCUT2D eigenvalue weighted by molar-refractivity contribution is 0.0211. The molecule has 1 saturated carbocycles. The van der Waals surface area contributed by atoms with E-state index >= 15 is 0 Å². The summed E-state index contributed by atoms with van der Waals surface area (Å²) in [6.45, 7) is -0.313. The van der Waals surface area contributed by atoms with E-state index in [0.29, 0.717) is 23.7 Å². The molecule has 1 aliphatic carbocycles. The van der Waals surface area contributed by atoms with Crippen LogP contribution in [0.5, 0.6) is 23.0 Å². The number of ether oxygens (including phenoxy) is 2. The first-order valence-electron chi connectivity index (χ1n) is 13.0. The number of nitrogens with two attached hydrogens (primary N) is 1. The van der Waals surface area contributed by atoms with Crippen molar-refractivity contribution in [3.05, 3.63) is 58.9 Å². The Kier molecular flexibility index (Phi) is 8.88. The Bertz CT molecular complexity index is 1590. The molecule has 2 aliphatic rings. The monoisotopic (exact) mass is 639 g/mol. The van der Waals surface area contributed by atoms with Gasteiger partial charge in [0, 0.05) is 12.0 Å². The molecule has 1 fully saturated rings. The van der Waals surface area contributed by atoms with E-state index in [1.165, 1.54) is 38.5 Å². The lowest BCUT2D eigenvalue weighted by Crippen LogP contribution is -2.55. The molecule has 0 spiro atoms. The average molecular weight is 639 g/mol. The average Bonchev–Trinajstić information content (AvgIpc) is 3.36. The third-order valence-corrected chi connectivity index (χ3v) is 8.94. The maximum Gasteiger partial charge on any atom is 0.527 e. The Morgan fingerprint density at radius 2 is 1.42 bits per heavy atom. The number of nitrogen functional groups attached to an aromatic ring is 1. The predicted octanol–water partition coefficient (Wildman–Crippen LogP) is 2.96. The molecular weight excluding hydrogens is 608 g/mol. The summed E-state index contributed by atoms with van der Waals surface area (Å²) < 4.78 is 56.6. The van der Waals surface area contributed by atoms with Crippen LogP contribution in [0, 0.1) is 11.8 Å². The van der Waals surface area contributed by atoms with Gasteiger partial charge in [-0.25, -0.2) is 9.13 Å². The number of phosphoric acid groups is 2. The molecule has 18 heteroatoms. The number of H-pyrrole nitrogens is 1. The van der Waals surface area contributed by atoms with Crippen molar-refractivity contribution in [2.24, 2.45) is 11.8 Å². The molecule has 3 aromatic rings. The molecule has 0 bridgehead atoms. The Labute approximate surface area is 245 Å². The second-order valence-electron chi connectivity index (χ2n) is 9.74.